The van der Waals surface area contributed by atoms with Crippen LogP contribution in [0.3, 0.4) is 0 Å². The van der Waals surface area contributed by atoms with Crippen LogP contribution >= 0.6 is 0 Å². The highest BCUT2D eigenvalue weighted by Gasteiger charge is 2.16. The molecule has 0 amide bonds. The quantitative estimate of drug-likeness (QED) is 0.521. The highest BCUT2D eigenvalue weighted by molar-refractivity contribution is 5.17. The molecule has 0 saturated carbocycles. The Morgan fingerprint density at radius 1 is 1.20 bits per heavy atom. The Labute approximate surface area is 97.2 Å². The van der Waals surface area contributed by atoms with E-state index < -0.39 is 0 Å². The fourth-order valence-electron chi connectivity index (χ4n) is 2.00. The summed E-state index contributed by atoms with van der Waals surface area (Å²) in [5, 5.41) is 0. The summed E-state index contributed by atoms with van der Waals surface area (Å²) in [5.41, 5.74) is 3.39. The third-order valence-electron chi connectivity index (χ3n) is 3.33. The molecule has 90 valence electrons. The number of allylic oxidation sites excluding steroid dienone is 2. The maximum atomic E-state index is 2.37. The molecule has 0 bridgehead atoms. The highest BCUT2D eigenvalue weighted by Crippen LogP contribution is 2.32. The lowest BCUT2D eigenvalue weighted by Crippen LogP contribution is -2.10. The van der Waals surface area contributed by atoms with Gasteiger partial charge < -0.3 is 0 Å². The second-order valence-corrected chi connectivity index (χ2v) is 5.31. The molecule has 0 nitrogen and oxygen atoms in total. The summed E-state index contributed by atoms with van der Waals surface area (Å²) in [7, 11) is 0. The van der Waals surface area contributed by atoms with Gasteiger partial charge in [-0.1, -0.05) is 58.6 Å². The lowest BCUT2D eigenvalue weighted by Gasteiger charge is -2.25. The molecule has 0 spiro atoms. The molecule has 0 heteroatoms. The Morgan fingerprint density at radius 2 is 1.73 bits per heavy atom. The summed E-state index contributed by atoms with van der Waals surface area (Å²) in [6, 6.07) is 0. The van der Waals surface area contributed by atoms with E-state index in [-0.39, 0.29) is 0 Å². The molecule has 1 rings (SSSR count). The number of hydrogen-bond donors (Lipinski definition) is 0. The van der Waals surface area contributed by atoms with Crippen molar-refractivity contribution >= 4 is 0 Å². The van der Waals surface area contributed by atoms with Gasteiger partial charge in [0.15, 0.2) is 0 Å². The van der Waals surface area contributed by atoms with Gasteiger partial charge in [-0.2, -0.15) is 0 Å². The van der Waals surface area contributed by atoms with Crippen molar-refractivity contribution in [2.45, 2.75) is 73.6 Å². The standard InChI is InChI=1S/C11H20.C4H10/c1-8(2)11-7-9(3)5-6-10(11)4;1-3-4-2/h8-9H,5-7H2,1-4H3;3-4H2,1-2H3. The fraction of sp³-hybridized carbons (Fsp3) is 0.867. The predicted octanol–water partition coefficient (Wildman–Crippen LogP) is 5.59. The van der Waals surface area contributed by atoms with Gasteiger partial charge in [0.05, 0.1) is 0 Å². The SMILES string of the molecule is CC1=C(C(C)C)CC(C)CC1.CCCC. The van der Waals surface area contributed by atoms with E-state index in [1.165, 1.54) is 32.1 Å². The Bertz CT molecular complexity index is 184. The van der Waals surface area contributed by atoms with Gasteiger partial charge in [0, 0.05) is 0 Å². The average Bonchev–Trinajstić information content (AvgIpc) is 2.22. The molecule has 0 radical (unpaired) electrons. The average molecular weight is 210 g/mol. The van der Waals surface area contributed by atoms with Crippen LogP contribution in [0, 0.1) is 11.8 Å². The van der Waals surface area contributed by atoms with Crippen LogP contribution in [-0.2, 0) is 0 Å². The Morgan fingerprint density at radius 3 is 2.07 bits per heavy atom. The van der Waals surface area contributed by atoms with Gasteiger partial charge in [0.25, 0.3) is 0 Å². The van der Waals surface area contributed by atoms with Crippen LogP contribution in [0.4, 0.5) is 0 Å². The van der Waals surface area contributed by atoms with Crippen LogP contribution in [-0.4, -0.2) is 0 Å². The van der Waals surface area contributed by atoms with E-state index in [9.17, 15) is 0 Å². The molecule has 1 aliphatic rings. The zero-order valence-corrected chi connectivity index (χ0v) is 11.7. The maximum Gasteiger partial charge on any atom is -0.0257 e. The van der Waals surface area contributed by atoms with E-state index in [4.69, 9.17) is 0 Å². The monoisotopic (exact) mass is 210 g/mol. The van der Waals surface area contributed by atoms with Crippen molar-refractivity contribution in [1.29, 1.82) is 0 Å². The van der Waals surface area contributed by atoms with Crippen molar-refractivity contribution in [3.63, 3.8) is 0 Å². The molecule has 0 N–H and O–H groups in total. The summed E-state index contributed by atoms with van der Waals surface area (Å²) < 4.78 is 0. The van der Waals surface area contributed by atoms with Crippen molar-refractivity contribution in [3.8, 4) is 0 Å². The molecule has 0 aromatic heterocycles. The van der Waals surface area contributed by atoms with E-state index in [1.807, 2.05) is 0 Å². The molecule has 0 aliphatic heterocycles. The van der Waals surface area contributed by atoms with Crippen LogP contribution in [0.25, 0.3) is 0 Å². The van der Waals surface area contributed by atoms with Crippen LogP contribution in [0.5, 0.6) is 0 Å². The zero-order valence-electron chi connectivity index (χ0n) is 11.7. The lowest BCUT2D eigenvalue weighted by atomic mass is 9.81. The van der Waals surface area contributed by atoms with Crippen molar-refractivity contribution in [1.82, 2.24) is 0 Å². The van der Waals surface area contributed by atoms with Gasteiger partial charge in [0.2, 0.25) is 0 Å². The van der Waals surface area contributed by atoms with Crippen molar-refractivity contribution in [3.05, 3.63) is 11.1 Å². The van der Waals surface area contributed by atoms with Crippen molar-refractivity contribution in [2.24, 2.45) is 11.8 Å². The second-order valence-electron chi connectivity index (χ2n) is 5.31. The zero-order chi connectivity index (χ0) is 11.8. The van der Waals surface area contributed by atoms with E-state index in [0.717, 1.165) is 11.8 Å². The molecule has 0 fully saturated rings. The number of unbranched alkanes of at least 4 members (excludes halogenated alkanes) is 1. The summed E-state index contributed by atoms with van der Waals surface area (Å²) in [4.78, 5) is 0. The predicted molar refractivity (Wildman–Crippen MR) is 71.1 cm³/mol. The summed E-state index contributed by atoms with van der Waals surface area (Å²) >= 11 is 0. The summed E-state index contributed by atoms with van der Waals surface area (Å²) in [5.74, 6) is 1.70. The second kappa shape index (κ2) is 7.96. The minimum atomic E-state index is 0.776. The number of hydrogen-bond acceptors (Lipinski definition) is 0. The van der Waals surface area contributed by atoms with E-state index in [1.54, 1.807) is 11.1 Å². The van der Waals surface area contributed by atoms with Gasteiger partial charge in [-0.3, -0.25) is 0 Å². The van der Waals surface area contributed by atoms with Crippen LogP contribution in [0.1, 0.15) is 73.6 Å². The highest BCUT2D eigenvalue weighted by atomic mass is 14.2. The molecule has 1 aliphatic carbocycles. The van der Waals surface area contributed by atoms with Crippen LogP contribution in [0.2, 0.25) is 0 Å². The molecule has 0 saturated heterocycles. The first kappa shape index (κ1) is 14.7. The fourth-order valence-corrected chi connectivity index (χ4v) is 2.00. The Hall–Kier alpha value is -0.260. The lowest BCUT2D eigenvalue weighted by molar-refractivity contribution is 0.466. The molecule has 1 unspecified atom stereocenters. The van der Waals surface area contributed by atoms with E-state index in [0.29, 0.717) is 0 Å². The van der Waals surface area contributed by atoms with E-state index >= 15 is 0 Å². The van der Waals surface area contributed by atoms with Gasteiger partial charge in [-0.05, 0) is 38.0 Å². The molecular weight excluding hydrogens is 180 g/mol. The minimum Gasteiger partial charge on any atom is -0.0738 e. The van der Waals surface area contributed by atoms with Gasteiger partial charge in [0.1, 0.15) is 0 Å². The Kier molecular flexibility index (Phi) is 7.82. The Balaban J connectivity index is 0.000000423. The first-order valence-corrected chi connectivity index (χ1v) is 6.71. The first-order chi connectivity index (χ1) is 7.02. The number of rotatable bonds is 2. The smallest absolute Gasteiger partial charge is 0.0257 e. The maximum absolute atomic E-state index is 2.37. The van der Waals surface area contributed by atoms with E-state index in [2.05, 4.69) is 41.5 Å². The molecule has 0 heterocycles. The molecular formula is C15H30. The largest absolute Gasteiger partial charge is 0.0738 e. The van der Waals surface area contributed by atoms with Crippen LogP contribution in [0.15, 0.2) is 11.1 Å². The molecule has 15 heavy (non-hydrogen) atoms. The molecule has 1 atom stereocenters. The van der Waals surface area contributed by atoms with Crippen molar-refractivity contribution in [2.75, 3.05) is 0 Å². The summed E-state index contributed by atoms with van der Waals surface area (Å²) in [6.45, 7) is 13.7. The third kappa shape index (κ3) is 6.02. The minimum absolute atomic E-state index is 0.776. The van der Waals surface area contributed by atoms with Crippen molar-refractivity contribution < 1.29 is 0 Å². The summed E-state index contributed by atoms with van der Waals surface area (Å²) in [6.07, 6.45) is 6.74. The molecule has 0 aromatic rings. The normalized spacial score (nSPS) is 21.4. The van der Waals surface area contributed by atoms with Gasteiger partial charge >= 0.3 is 0 Å². The van der Waals surface area contributed by atoms with Gasteiger partial charge in [-0.15, -0.1) is 0 Å². The van der Waals surface area contributed by atoms with Gasteiger partial charge in [-0.25, -0.2) is 0 Å². The molecule has 0 aromatic carbocycles. The third-order valence-corrected chi connectivity index (χ3v) is 3.33. The van der Waals surface area contributed by atoms with Crippen LogP contribution < -0.4 is 0 Å². The first-order valence-electron chi connectivity index (χ1n) is 6.71. The topological polar surface area (TPSA) is 0 Å².